The summed E-state index contributed by atoms with van der Waals surface area (Å²) in [5.41, 5.74) is 0.579. The average Bonchev–Trinajstić information content (AvgIpc) is 2.51. The maximum absolute atomic E-state index is 12.0. The van der Waals surface area contributed by atoms with E-state index in [9.17, 15) is 4.79 Å². The quantitative estimate of drug-likeness (QED) is 0.699. The first-order valence-electron chi connectivity index (χ1n) is 7.42. The van der Waals surface area contributed by atoms with Crippen molar-refractivity contribution in [3.63, 3.8) is 0 Å². The summed E-state index contributed by atoms with van der Waals surface area (Å²) in [5, 5.41) is 3.30. The van der Waals surface area contributed by atoms with Crippen LogP contribution in [0.5, 0.6) is 0 Å². The Morgan fingerprint density at radius 3 is 2.67 bits per heavy atom. The third-order valence-corrected chi connectivity index (χ3v) is 3.52. The van der Waals surface area contributed by atoms with Crippen LogP contribution in [-0.2, 0) is 16.0 Å². The number of ether oxygens (including phenoxy) is 1. The Bertz CT molecular complexity index is 425. The lowest BCUT2D eigenvalue weighted by molar-refractivity contribution is -0.148. The first kappa shape index (κ1) is 17.6. The topological polar surface area (TPSA) is 54.5 Å². The molecule has 1 atom stereocenters. The van der Waals surface area contributed by atoms with Crippen LogP contribution in [0.25, 0.3) is 0 Å². The third-order valence-electron chi connectivity index (χ3n) is 3.52. The second kappa shape index (κ2) is 8.74. The molecule has 0 aromatic carbocycles. The van der Waals surface area contributed by atoms with Gasteiger partial charge in [0.15, 0.2) is 0 Å². The smallest absolute Gasteiger partial charge is 0.327 e. The molecule has 0 saturated heterocycles. The lowest BCUT2D eigenvalue weighted by Crippen LogP contribution is -2.57. The van der Waals surface area contributed by atoms with Crippen molar-refractivity contribution in [3.05, 3.63) is 30.1 Å². The highest BCUT2D eigenvalue weighted by Gasteiger charge is 2.34. The Morgan fingerprint density at radius 1 is 1.43 bits per heavy atom. The van der Waals surface area contributed by atoms with Crippen LogP contribution in [0.1, 0.15) is 25.8 Å². The van der Waals surface area contributed by atoms with Gasteiger partial charge in [-0.1, -0.05) is 6.92 Å². The van der Waals surface area contributed by atoms with Crippen molar-refractivity contribution >= 4 is 5.97 Å². The van der Waals surface area contributed by atoms with Gasteiger partial charge in [0.25, 0.3) is 0 Å². The molecule has 1 aromatic heterocycles. The molecule has 1 rings (SSSR count). The highest BCUT2D eigenvalue weighted by atomic mass is 16.5. The number of esters is 1. The van der Waals surface area contributed by atoms with E-state index < -0.39 is 5.54 Å². The van der Waals surface area contributed by atoms with E-state index >= 15 is 0 Å². The van der Waals surface area contributed by atoms with Gasteiger partial charge in [-0.3, -0.25) is 9.78 Å². The van der Waals surface area contributed by atoms with Crippen LogP contribution in [0.2, 0.25) is 0 Å². The molecule has 0 fully saturated rings. The Morgan fingerprint density at radius 2 is 2.10 bits per heavy atom. The number of nitrogens with one attached hydrogen (secondary N) is 1. The fraction of sp³-hybridized carbons (Fsp3) is 0.625. The molecule has 21 heavy (non-hydrogen) atoms. The molecule has 5 nitrogen and oxygen atoms in total. The van der Waals surface area contributed by atoms with Crippen LogP contribution in [0.15, 0.2) is 24.5 Å². The number of likely N-dealkylation sites (N-methyl/N-ethyl adjacent to an activating group) is 1. The zero-order valence-electron chi connectivity index (χ0n) is 13.6. The summed E-state index contributed by atoms with van der Waals surface area (Å²) in [6, 6.07) is 4.03. The Balaban J connectivity index is 2.55. The number of pyridine rings is 1. The van der Waals surface area contributed by atoms with E-state index in [0.29, 0.717) is 6.54 Å². The molecule has 0 radical (unpaired) electrons. The highest BCUT2D eigenvalue weighted by molar-refractivity contribution is 5.80. The number of carbonyl (C=O) groups excluding carboxylic acids is 1. The molecule has 118 valence electrons. The summed E-state index contributed by atoms with van der Waals surface area (Å²) in [7, 11) is 3.46. The number of aromatic nitrogens is 1. The van der Waals surface area contributed by atoms with Crippen LogP contribution in [0.4, 0.5) is 0 Å². The molecule has 5 heteroatoms. The summed E-state index contributed by atoms with van der Waals surface area (Å²) in [4.78, 5) is 18.2. The first-order chi connectivity index (χ1) is 10.0. The van der Waals surface area contributed by atoms with Gasteiger partial charge in [0.05, 0.1) is 7.11 Å². The predicted molar refractivity (Wildman–Crippen MR) is 84.2 cm³/mol. The zero-order chi connectivity index (χ0) is 15.7. The molecule has 0 amide bonds. The van der Waals surface area contributed by atoms with Gasteiger partial charge < -0.3 is 15.0 Å². The van der Waals surface area contributed by atoms with E-state index in [2.05, 4.69) is 22.1 Å². The average molecular weight is 293 g/mol. The van der Waals surface area contributed by atoms with Gasteiger partial charge in [0.2, 0.25) is 0 Å². The summed E-state index contributed by atoms with van der Waals surface area (Å²) in [6.07, 6.45) is 5.52. The molecule has 1 unspecified atom stereocenters. The summed E-state index contributed by atoms with van der Waals surface area (Å²) in [5.74, 6) is -0.216. The van der Waals surface area contributed by atoms with Gasteiger partial charge >= 0.3 is 5.97 Å². The van der Waals surface area contributed by atoms with E-state index in [1.54, 1.807) is 12.4 Å². The molecule has 1 heterocycles. The molecule has 1 aromatic rings. The van der Waals surface area contributed by atoms with E-state index in [1.807, 2.05) is 26.1 Å². The molecule has 0 aliphatic heterocycles. The minimum absolute atomic E-state index is 0.216. The van der Waals surface area contributed by atoms with Crippen molar-refractivity contribution in [2.45, 2.75) is 32.2 Å². The summed E-state index contributed by atoms with van der Waals surface area (Å²) in [6.45, 7) is 6.27. The SMILES string of the molecule is CCCNC(C)(CN(C)CCc1ccncc1)C(=O)OC. The fourth-order valence-electron chi connectivity index (χ4n) is 2.31. The maximum atomic E-state index is 12.0. The second-order valence-electron chi connectivity index (χ2n) is 5.59. The number of carbonyl (C=O) groups is 1. The fourth-order valence-corrected chi connectivity index (χ4v) is 2.31. The number of methoxy groups -OCH3 is 1. The third kappa shape index (κ3) is 5.81. The van der Waals surface area contributed by atoms with Crippen LogP contribution in [0, 0.1) is 0 Å². The van der Waals surface area contributed by atoms with Gasteiger partial charge in [0, 0.05) is 25.5 Å². The molecule has 1 N–H and O–H groups in total. The van der Waals surface area contributed by atoms with Crippen LogP contribution >= 0.6 is 0 Å². The van der Waals surface area contributed by atoms with Gasteiger partial charge in [-0.2, -0.15) is 0 Å². The monoisotopic (exact) mass is 293 g/mol. The first-order valence-corrected chi connectivity index (χ1v) is 7.42. The van der Waals surface area contributed by atoms with E-state index in [1.165, 1.54) is 12.7 Å². The van der Waals surface area contributed by atoms with Gasteiger partial charge in [0.1, 0.15) is 5.54 Å². The Labute approximate surface area is 127 Å². The van der Waals surface area contributed by atoms with Gasteiger partial charge in [-0.25, -0.2) is 0 Å². The largest absolute Gasteiger partial charge is 0.468 e. The highest BCUT2D eigenvalue weighted by Crippen LogP contribution is 2.10. The van der Waals surface area contributed by atoms with E-state index in [4.69, 9.17) is 4.74 Å². The lowest BCUT2D eigenvalue weighted by atomic mass is 10.0. The molecular weight excluding hydrogens is 266 g/mol. The van der Waals surface area contributed by atoms with Crippen LogP contribution < -0.4 is 5.32 Å². The van der Waals surface area contributed by atoms with E-state index in [0.717, 1.165) is 25.9 Å². The second-order valence-corrected chi connectivity index (χ2v) is 5.59. The zero-order valence-corrected chi connectivity index (χ0v) is 13.6. The Hall–Kier alpha value is -1.46. The minimum atomic E-state index is -0.669. The molecule has 0 saturated carbocycles. The van der Waals surface area contributed by atoms with E-state index in [-0.39, 0.29) is 5.97 Å². The number of rotatable bonds is 9. The standard InChI is InChI=1S/C16H27N3O2/c1-5-9-18-16(2,15(20)21-4)13-19(3)12-8-14-6-10-17-11-7-14/h6-7,10-11,18H,5,8-9,12-13H2,1-4H3. The molecule has 0 bridgehead atoms. The predicted octanol–water partition coefficient (Wildman–Crippen LogP) is 1.49. The normalized spacial score (nSPS) is 14.0. The van der Waals surface area contributed by atoms with Crippen LogP contribution in [0.3, 0.4) is 0 Å². The van der Waals surface area contributed by atoms with Crippen molar-refractivity contribution < 1.29 is 9.53 Å². The van der Waals surface area contributed by atoms with Crippen molar-refractivity contribution in [1.29, 1.82) is 0 Å². The summed E-state index contributed by atoms with van der Waals surface area (Å²) >= 11 is 0. The molecule has 0 aliphatic carbocycles. The van der Waals surface area contributed by atoms with Gasteiger partial charge in [-0.15, -0.1) is 0 Å². The van der Waals surface area contributed by atoms with Crippen molar-refractivity contribution in [2.75, 3.05) is 33.8 Å². The number of nitrogens with zero attached hydrogens (tertiary/aromatic N) is 2. The minimum Gasteiger partial charge on any atom is -0.468 e. The van der Waals surface area contributed by atoms with Crippen molar-refractivity contribution in [1.82, 2.24) is 15.2 Å². The Kier molecular flexibility index (Phi) is 7.32. The number of hydrogen-bond acceptors (Lipinski definition) is 5. The summed E-state index contributed by atoms with van der Waals surface area (Å²) < 4.78 is 4.94. The maximum Gasteiger partial charge on any atom is 0.327 e. The van der Waals surface area contributed by atoms with Crippen molar-refractivity contribution in [2.24, 2.45) is 0 Å². The lowest BCUT2D eigenvalue weighted by Gasteiger charge is -2.32. The van der Waals surface area contributed by atoms with Crippen LogP contribution in [-0.4, -0.2) is 55.2 Å². The molecule has 0 aliphatic rings. The van der Waals surface area contributed by atoms with Crippen molar-refractivity contribution in [3.8, 4) is 0 Å². The van der Waals surface area contributed by atoms with Gasteiger partial charge in [-0.05, 0) is 51.1 Å². The number of hydrogen-bond donors (Lipinski definition) is 1. The molecule has 0 spiro atoms. The molecular formula is C16H27N3O2.